The van der Waals surface area contributed by atoms with E-state index in [2.05, 4.69) is 10.3 Å². The molecule has 0 spiro atoms. The van der Waals surface area contributed by atoms with Crippen LogP contribution in [0.15, 0.2) is 46.4 Å². The number of imidazole rings is 1. The van der Waals surface area contributed by atoms with Crippen molar-refractivity contribution in [1.29, 1.82) is 0 Å². The minimum absolute atomic E-state index is 0.185. The van der Waals surface area contributed by atoms with Crippen molar-refractivity contribution in [2.45, 2.75) is 25.3 Å². The average Bonchev–Trinajstić information content (AvgIpc) is 3.36. The molecule has 3 aromatic rings. The molecule has 0 radical (unpaired) electrons. The lowest BCUT2D eigenvalue weighted by Gasteiger charge is -2.08. The van der Waals surface area contributed by atoms with Gasteiger partial charge in [-0.25, -0.2) is 0 Å². The van der Waals surface area contributed by atoms with Gasteiger partial charge in [0.2, 0.25) is 0 Å². The minimum atomic E-state index is -3.03. The van der Waals surface area contributed by atoms with E-state index in [0.717, 1.165) is 24.7 Å². The maximum absolute atomic E-state index is 12.8. The number of alkyl halides is 2. The molecule has 0 aliphatic heterocycles. The monoisotopic (exact) mass is 360 g/mol. The van der Waals surface area contributed by atoms with E-state index in [1.54, 1.807) is 4.40 Å². The molecule has 9 heteroatoms. The fraction of sp³-hybridized carbons (Fsp3) is 0.235. The zero-order valence-electron chi connectivity index (χ0n) is 13.4. The van der Waals surface area contributed by atoms with E-state index in [9.17, 15) is 23.2 Å². The van der Waals surface area contributed by atoms with Gasteiger partial charge >= 0.3 is 6.55 Å². The molecule has 2 N–H and O–H groups in total. The van der Waals surface area contributed by atoms with Gasteiger partial charge in [-0.1, -0.05) is 0 Å². The summed E-state index contributed by atoms with van der Waals surface area (Å²) in [6.45, 7) is -3.03. The Balaban J connectivity index is 1.68. The summed E-state index contributed by atoms with van der Waals surface area (Å²) < 4.78 is 27.4. The number of nitrogens with zero attached hydrogens (tertiary/aromatic N) is 2. The smallest absolute Gasteiger partial charge is 0.321 e. The van der Waals surface area contributed by atoms with Gasteiger partial charge in [0.1, 0.15) is 16.9 Å². The largest absolute Gasteiger partial charge is 0.343 e. The highest BCUT2D eigenvalue weighted by Crippen LogP contribution is 2.39. The molecular formula is C17H14F2N4O3. The summed E-state index contributed by atoms with van der Waals surface area (Å²) in [5.74, 6) is -0.387. The van der Waals surface area contributed by atoms with Crippen LogP contribution in [0, 0.1) is 0 Å². The van der Waals surface area contributed by atoms with Crippen molar-refractivity contribution in [1.82, 2.24) is 14.0 Å². The van der Waals surface area contributed by atoms with Gasteiger partial charge in [-0.05, 0) is 25.0 Å². The van der Waals surface area contributed by atoms with Crippen LogP contribution >= 0.6 is 0 Å². The molecule has 1 aliphatic carbocycles. The maximum atomic E-state index is 12.8. The molecule has 0 unspecified atom stereocenters. The van der Waals surface area contributed by atoms with Crippen molar-refractivity contribution >= 4 is 17.2 Å². The number of carbonyl (C=O) groups is 1. The normalized spacial score (nSPS) is 14.1. The summed E-state index contributed by atoms with van der Waals surface area (Å²) in [5.41, 5.74) is -0.532. The molecule has 1 amide bonds. The van der Waals surface area contributed by atoms with E-state index in [-0.39, 0.29) is 15.8 Å². The first-order chi connectivity index (χ1) is 12.4. The van der Waals surface area contributed by atoms with Gasteiger partial charge < -0.3 is 14.7 Å². The van der Waals surface area contributed by atoms with E-state index in [0.29, 0.717) is 11.6 Å². The standard InChI is InChI=1S/C17H14F2N4O3/c18-17(19)23-5-1-2-11(16(23)26)21-15(25)10-7-22-8-12(9-3-4-9)20-14(22)6-13(10)24/h1-2,5-9,17,20H,3-4H2,(H,21,25). The van der Waals surface area contributed by atoms with E-state index in [1.165, 1.54) is 24.4 Å². The number of halogens is 2. The molecule has 4 rings (SSSR count). The lowest BCUT2D eigenvalue weighted by atomic mass is 10.2. The van der Waals surface area contributed by atoms with Crippen LogP contribution in [0.1, 0.15) is 41.4 Å². The van der Waals surface area contributed by atoms with Crippen molar-refractivity contribution in [2.24, 2.45) is 0 Å². The third-order valence-electron chi connectivity index (χ3n) is 4.32. The Morgan fingerprint density at radius 1 is 1.27 bits per heavy atom. The first-order valence-corrected chi connectivity index (χ1v) is 7.99. The first-order valence-electron chi connectivity index (χ1n) is 7.99. The van der Waals surface area contributed by atoms with Gasteiger partial charge in [0.25, 0.3) is 11.5 Å². The number of amides is 1. The van der Waals surface area contributed by atoms with E-state index in [4.69, 9.17) is 0 Å². The lowest BCUT2D eigenvalue weighted by molar-refractivity contribution is 0.0665. The van der Waals surface area contributed by atoms with Crippen LogP contribution in [-0.2, 0) is 0 Å². The molecule has 3 aromatic heterocycles. The van der Waals surface area contributed by atoms with Crippen LogP contribution in [-0.4, -0.2) is 19.9 Å². The number of carbonyl (C=O) groups excluding carboxylic acids is 1. The summed E-state index contributed by atoms with van der Waals surface area (Å²) in [6, 6.07) is 3.72. The molecular weight excluding hydrogens is 346 g/mol. The summed E-state index contributed by atoms with van der Waals surface area (Å²) in [7, 11) is 0. The lowest BCUT2D eigenvalue weighted by Crippen LogP contribution is -2.28. The number of nitrogens with one attached hydrogen (secondary N) is 2. The fourth-order valence-corrected chi connectivity index (χ4v) is 2.81. The zero-order chi connectivity index (χ0) is 18.4. The van der Waals surface area contributed by atoms with Crippen LogP contribution in [0.4, 0.5) is 14.5 Å². The molecule has 0 aromatic carbocycles. The number of fused-ring (bicyclic) bond motifs is 1. The second-order valence-corrected chi connectivity index (χ2v) is 6.19. The van der Waals surface area contributed by atoms with Crippen LogP contribution < -0.4 is 16.3 Å². The minimum Gasteiger partial charge on any atom is -0.343 e. The van der Waals surface area contributed by atoms with Gasteiger partial charge in [0.05, 0.1) is 0 Å². The number of hydrogen-bond acceptors (Lipinski definition) is 3. The van der Waals surface area contributed by atoms with Gasteiger partial charge in [0, 0.05) is 36.3 Å². The summed E-state index contributed by atoms with van der Waals surface area (Å²) >= 11 is 0. The third kappa shape index (κ3) is 2.81. The number of pyridine rings is 2. The molecule has 3 heterocycles. The molecule has 0 atom stereocenters. The number of aromatic amines is 1. The molecule has 0 bridgehead atoms. The Kier molecular flexibility index (Phi) is 3.71. The van der Waals surface area contributed by atoms with Gasteiger partial charge in [-0.3, -0.25) is 19.0 Å². The van der Waals surface area contributed by atoms with Crippen molar-refractivity contribution < 1.29 is 13.6 Å². The highest BCUT2D eigenvalue weighted by molar-refractivity contribution is 6.04. The Morgan fingerprint density at radius 3 is 2.73 bits per heavy atom. The Morgan fingerprint density at radius 2 is 2.04 bits per heavy atom. The summed E-state index contributed by atoms with van der Waals surface area (Å²) in [4.78, 5) is 39.7. The number of anilines is 1. The molecule has 1 aliphatic rings. The summed E-state index contributed by atoms with van der Waals surface area (Å²) in [6.07, 6.45) is 6.26. The third-order valence-corrected chi connectivity index (χ3v) is 4.32. The first kappa shape index (κ1) is 16.2. The zero-order valence-corrected chi connectivity index (χ0v) is 13.4. The van der Waals surface area contributed by atoms with Crippen molar-refractivity contribution in [3.05, 3.63) is 68.6 Å². The van der Waals surface area contributed by atoms with Crippen LogP contribution in [0.3, 0.4) is 0 Å². The Hall–Kier alpha value is -3.23. The van der Waals surface area contributed by atoms with Crippen LogP contribution in [0.2, 0.25) is 0 Å². The fourth-order valence-electron chi connectivity index (χ4n) is 2.81. The Labute approximate surface area is 144 Å². The molecule has 1 saturated carbocycles. The number of hydrogen-bond donors (Lipinski definition) is 2. The average molecular weight is 360 g/mol. The van der Waals surface area contributed by atoms with Crippen molar-refractivity contribution in [3.8, 4) is 0 Å². The highest BCUT2D eigenvalue weighted by Gasteiger charge is 2.25. The van der Waals surface area contributed by atoms with Crippen LogP contribution in [0.5, 0.6) is 0 Å². The molecule has 26 heavy (non-hydrogen) atoms. The second-order valence-electron chi connectivity index (χ2n) is 6.19. The predicted octanol–water partition coefficient (Wildman–Crippen LogP) is 2.31. The van der Waals surface area contributed by atoms with E-state index in [1.807, 2.05) is 6.20 Å². The molecule has 134 valence electrons. The van der Waals surface area contributed by atoms with E-state index < -0.39 is 23.4 Å². The second kappa shape index (κ2) is 5.94. The van der Waals surface area contributed by atoms with Crippen molar-refractivity contribution in [3.63, 3.8) is 0 Å². The topological polar surface area (TPSA) is 88.4 Å². The predicted molar refractivity (Wildman–Crippen MR) is 89.9 cm³/mol. The van der Waals surface area contributed by atoms with E-state index >= 15 is 0 Å². The number of aromatic nitrogens is 3. The molecule has 1 fully saturated rings. The quantitative estimate of drug-likeness (QED) is 0.748. The van der Waals surface area contributed by atoms with Crippen LogP contribution in [0.25, 0.3) is 5.65 Å². The summed E-state index contributed by atoms with van der Waals surface area (Å²) in [5, 5.41) is 2.24. The molecule has 0 saturated heterocycles. The number of rotatable bonds is 4. The number of H-pyrrole nitrogens is 1. The molecule has 7 nitrogen and oxygen atoms in total. The maximum Gasteiger partial charge on any atom is 0.321 e. The van der Waals surface area contributed by atoms with Gasteiger partial charge in [-0.2, -0.15) is 8.78 Å². The SMILES string of the molecule is O=C(Nc1cccn(C(F)F)c1=O)c1cn2cc(C3CC3)[nH]c2cc1=O. The highest BCUT2D eigenvalue weighted by atomic mass is 19.3. The van der Waals surface area contributed by atoms with Gasteiger partial charge in [-0.15, -0.1) is 0 Å². The van der Waals surface area contributed by atoms with Gasteiger partial charge in [0.15, 0.2) is 5.43 Å². The van der Waals surface area contributed by atoms with Crippen molar-refractivity contribution in [2.75, 3.05) is 5.32 Å². The Bertz CT molecular complexity index is 1120.